The van der Waals surface area contributed by atoms with Crippen molar-refractivity contribution in [1.82, 2.24) is 4.90 Å². The number of hydrogen-bond acceptors (Lipinski definition) is 3. The maximum absolute atomic E-state index is 12.6. The van der Waals surface area contributed by atoms with Crippen LogP contribution in [0.2, 0.25) is 0 Å². The van der Waals surface area contributed by atoms with Crippen LogP contribution in [0.3, 0.4) is 0 Å². The number of amides is 1. The summed E-state index contributed by atoms with van der Waals surface area (Å²) >= 11 is 0. The van der Waals surface area contributed by atoms with Gasteiger partial charge in [0.2, 0.25) is 5.91 Å². The van der Waals surface area contributed by atoms with Gasteiger partial charge in [-0.15, -0.1) is 0 Å². The van der Waals surface area contributed by atoms with Crippen LogP contribution < -0.4 is 5.32 Å². The maximum atomic E-state index is 12.6. The third-order valence-electron chi connectivity index (χ3n) is 3.69. The molecule has 0 bridgehead atoms. The molecule has 2 aromatic rings. The van der Waals surface area contributed by atoms with E-state index in [0.29, 0.717) is 13.1 Å². The molecule has 1 N–H and O–H groups in total. The lowest BCUT2D eigenvalue weighted by molar-refractivity contribution is -0.132. The number of benzene rings is 1. The van der Waals surface area contributed by atoms with Crippen LogP contribution >= 0.6 is 0 Å². The van der Waals surface area contributed by atoms with Gasteiger partial charge in [0.15, 0.2) is 0 Å². The van der Waals surface area contributed by atoms with Crippen molar-refractivity contribution in [1.29, 1.82) is 0 Å². The maximum Gasteiger partial charge on any atom is 0.245 e. The molecular weight excluding hydrogens is 252 g/mol. The molecule has 0 saturated carbocycles. The summed E-state index contributed by atoms with van der Waals surface area (Å²) in [6, 6.07) is 11.7. The Kier molecular flexibility index (Phi) is 3.46. The van der Waals surface area contributed by atoms with Crippen LogP contribution in [0.4, 0.5) is 5.69 Å². The Morgan fingerprint density at radius 2 is 2.20 bits per heavy atom. The fourth-order valence-electron chi connectivity index (χ4n) is 2.60. The highest BCUT2D eigenvalue weighted by Crippen LogP contribution is 2.26. The minimum absolute atomic E-state index is 0.125. The fraction of sp³-hybridized carbons (Fsp3) is 0.312. The molecule has 0 spiro atoms. The highest BCUT2D eigenvalue weighted by atomic mass is 16.3. The second kappa shape index (κ2) is 5.41. The average molecular weight is 270 g/mol. The summed E-state index contributed by atoms with van der Waals surface area (Å²) in [5.41, 5.74) is 2.28. The molecule has 1 atom stereocenters. The minimum atomic E-state index is -0.165. The number of likely N-dealkylation sites (N-methyl/N-ethyl adjacent to an activating group) is 1. The molecule has 0 aliphatic carbocycles. The van der Waals surface area contributed by atoms with E-state index in [-0.39, 0.29) is 11.9 Å². The monoisotopic (exact) mass is 270 g/mol. The molecule has 1 aliphatic heterocycles. The normalized spacial score (nSPS) is 16.6. The number of fused-ring (bicyclic) bond motifs is 1. The van der Waals surface area contributed by atoms with Crippen molar-refractivity contribution >= 4 is 11.6 Å². The first-order chi connectivity index (χ1) is 9.78. The number of furan rings is 1. The molecule has 1 amide bonds. The predicted molar refractivity (Wildman–Crippen MR) is 77.4 cm³/mol. The molecule has 0 saturated heterocycles. The third-order valence-corrected chi connectivity index (χ3v) is 3.69. The molecule has 0 radical (unpaired) electrons. The van der Waals surface area contributed by atoms with Crippen LogP contribution in [0.5, 0.6) is 0 Å². The van der Waals surface area contributed by atoms with Gasteiger partial charge >= 0.3 is 0 Å². The van der Waals surface area contributed by atoms with Crippen molar-refractivity contribution in [2.45, 2.75) is 25.9 Å². The van der Waals surface area contributed by atoms with E-state index in [1.54, 1.807) is 6.26 Å². The molecule has 1 aromatic heterocycles. The van der Waals surface area contributed by atoms with Gasteiger partial charge in [0.05, 0.1) is 12.8 Å². The molecule has 2 heterocycles. The van der Waals surface area contributed by atoms with E-state index in [0.717, 1.165) is 17.9 Å². The second-order valence-electron chi connectivity index (χ2n) is 4.99. The number of carbonyl (C=O) groups excluding carboxylic acids is 1. The van der Waals surface area contributed by atoms with Gasteiger partial charge in [0.1, 0.15) is 11.8 Å². The van der Waals surface area contributed by atoms with Gasteiger partial charge in [-0.1, -0.05) is 18.2 Å². The van der Waals surface area contributed by atoms with Gasteiger partial charge in [0, 0.05) is 18.7 Å². The van der Waals surface area contributed by atoms with Crippen LogP contribution in [0.25, 0.3) is 0 Å². The second-order valence-corrected chi connectivity index (χ2v) is 4.99. The smallest absolute Gasteiger partial charge is 0.245 e. The summed E-state index contributed by atoms with van der Waals surface area (Å²) < 4.78 is 5.33. The predicted octanol–water partition coefficient (Wildman–Crippen LogP) is 2.66. The molecule has 104 valence electrons. The molecule has 4 heteroatoms. The SMILES string of the molecule is CCN(Cc1ccco1)C(=O)[C@@H]1Cc2ccccc2N1. The number of nitrogens with zero attached hydrogens (tertiary/aromatic N) is 1. The van der Waals surface area contributed by atoms with Gasteiger partial charge in [-0.25, -0.2) is 0 Å². The summed E-state index contributed by atoms with van der Waals surface area (Å²) in [5, 5.41) is 3.31. The van der Waals surface area contributed by atoms with E-state index >= 15 is 0 Å². The zero-order valence-electron chi connectivity index (χ0n) is 11.5. The third kappa shape index (κ3) is 2.41. The molecular formula is C16H18N2O2. The number of para-hydroxylation sites is 1. The minimum Gasteiger partial charge on any atom is -0.467 e. The summed E-state index contributed by atoms with van der Waals surface area (Å²) in [4.78, 5) is 14.4. The Balaban J connectivity index is 1.69. The summed E-state index contributed by atoms with van der Waals surface area (Å²) in [5.74, 6) is 0.941. The van der Waals surface area contributed by atoms with E-state index in [1.807, 2.05) is 42.2 Å². The van der Waals surface area contributed by atoms with Crippen molar-refractivity contribution in [2.75, 3.05) is 11.9 Å². The summed E-state index contributed by atoms with van der Waals surface area (Å²) in [6.07, 6.45) is 2.39. The molecule has 0 fully saturated rings. The van der Waals surface area contributed by atoms with Crippen molar-refractivity contribution < 1.29 is 9.21 Å². The number of nitrogens with one attached hydrogen (secondary N) is 1. The lowest BCUT2D eigenvalue weighted by atomic mass is 10.1. The van der Waals surface area contributed by atoms with Gasteiger partial charge in [-0.2, -0.15) is 0 Å². The van der Waals surface area contributed by atoms with Crippen molar-refractivity contribution in [3.8, 4) is 0 Å². The van der Waals surface area contributed by atoms with Gasteiger partial charge in [0.25, 0.3) is 0 Å². The van der Waals surface area contributed by atoms with E-state index in [1.165, 1.54) is 5.56 Å². The van der Waals surface area contributed by atoms with Crippen LogP contribution in [-0.4, -0.2) is 23.4 Å². The molecule has 1 aliphatic rings. The number of rotatable bonds is 4. The zero-order valence-corrected chi connectivity index (χ0v) is 11.5. The first-order valence-electron chi connectivity index (χ1n) is 6.93. The number of hydrogen-bond donors (Lipinski definition) is 1. The summed E-state index contributed by atoms with van der Waals surface area (Å²) in [6.45, 7) is 3.19. The molecule has 4 nitrogen and oxygen atoms in total. The topological polar surface area (TPSA) is 45.5 Å². The van der Waals surface area contributed by atoms with Gasteiger partial charge < -0.3 is 14.6 Å². The largest absolute Gasteiger partial charge is 0.467 e. The van der Waals surface area contributed by atoms with Crippen LogP contribution in [0.15, 0.2) is 47.1 Å². The standard InChI is InChI=1S/C16H18N2O2/c1-2-18(11-13-7-5-9-20-13)16(19)15-10-12-6-3-4-8-14(12)17-15/h3-9,15,17H,2,10-11H2,1H3/t15-/m0/s1. The van der Waals surface area contributed by atoms with E-state index < -0.39 is 0 Å². The van der Waals surface area contributed by atoms with Crippen LogP contribution in [0.1, 0.15) is 18.2 Å². The highest BCUT2D eigenvalue weighted by Gasteiger charge is 2.29. The van der Waals surface area contributed by atoms with Gasteiger partial charge in [-0.3, -0.25) is 4.79 Å². The Bertz CT molecular complexity index is 561. The number of carbonyl (C=O) groups is 1. The summed E-state index contributed by atoms with van der Waals surface area (Å²) in [7, 11) is 0. The van der Waals surface area contributed by atoms with Crippen molar-refractivity contribution in [3.63, 3.8) is 0 Å². The highest BCUT2D eigenvalue weighted by molar-refractivity contribution is 5.87. The molecule has 20 heavy (non-hydrogen) atoms. The fourth-order valence-corrected chi connectivity index (χ4v) is 2.60. The van der Waals surface area contributed by atoms with Crippen molar-refractivity contribution in [3.05, 3.63) is 54.0 Å². The van der Waals surface area contributed by atoms with Crippen molar-refractivity contribution in [2.24, 2.45) is 0 Å². The first kappa shape index (κ1) is 12.8. The Hall–Kier alpha value is -2.23. The van der Waals surface area contributed by atoms with E-state index in [4.69, 9.17) is 4.42 Å². The molecule has 0 unspecified atom stereocenters. The lowest BCUT2D eigenvalue weighted by Gasteiger charge is -2.23. The molecule has 3 rings (SSSR count). The van der Waals surface area contributed by atoms with Gasteiger partial charge in [-0.05, 0) is 30.7 Å². The Morgan fingerprint density at radius 1 is 1.35 bits per heavy atom. The van der Waals surface area contributed by atoms with Crippen LogP contribution in [-0.2, 0) is 17.8 Å². The first-order valence-corrected chi connectivity index (χ1v) is 6.93. The zero-order chi connectivity index (χ0) is 13.9. The number of anilines is 1. The van der Waals surface area contributed by atoms with Crippen LogP contribution in [0, 0.1) is 0 Å². The Morgan fingerprint density at radius 3 is 2.90 bits per heavy atom. The average Bonchev–Trinajstić information content (AvgIpc) is 3.12. The Labute approximate surface area is 118 Å². The molecule has 1 aromatic carbocycles. The van der Waals surface area contributed by atoms with E-state index in [9.17, 15) is 4.79 Å². The quantitative estimate of drug-likeness (QED) is 0.929. The van der Waals surface area contributed by atoms with E-state index in [2.05, 4.69) is 11.4 Å². The lowest BCUT2D eigenvalue weighted by Crippen LogP contribution is -2.41.